The Balaban J connectivity index is 2.21. The number of hydrogen-bond donors (Lipinski definition) is 3. The van der Waals surface area contributed by atoms with E-state index in [1.165, 1.54) is 12.1 Å². The highest BCUT2D eigenvalue weighted by Gasteiger charge is 2.13. The number of carbonyl (C=O) groups is 2. The van der Waals surface area contributed by atoms with Crippen LogP contribution in [0.4, 0.5) is 10.1 Å². The molecule has 0 saturated carbocycles. The van der Waals surface area contributed by atoms with Crippen LogP contribution in [-0.2, 0) is 0 Å². The van der Waals surface area contributed by atoms with Crippen LogP contribution >= 0.6 is 0 Å². The molecule has 0 aliphatic rings. The Hall–Kier alpha value is -2.96. The number of nitrogens with one attached hydrogen (secondary N) is 1. The Labute approximate surface area is 112 Å². The lowest BCUT2D eigenvalue weighted by Crippen LogP contribution is -2.14. The van der Waals surface area contributed by atoms with Crippen molar-refractivity contribution < 1.29 is 24.2 Å². The number of hydrogen-bond acceptors (Lipinski definition) is 4. The van der Waals surface area contributed by atoms with E-state index in [0.717, 1.165) is 24.4 Å². The molecule has 0 saturated heterocycles. The molecule has 0 bridgehead atoms. The number of aromatic carboxylic acids is 1. The van der Waals surface area contributed by atoms with Gasteiger partial charge < -0.3 is 15.5 Å². The van der Waals surface area contributed by atoms with Gasteiger partial charge in [0.2, 0.25) is 0 Å². The topological polar surface area (TPSA) is 99.5 Å². The Morgan fingerprint density at radius 2 is 1.95 bits per heavy atom. The third-order valence-corrected chi connectivity index (χ3v) is 2.44. The van der Waals surface area contributed by atoms with Crippen LogP contribution in [0.2, 0.25) is 0 Å². The molecule has 0 fully saturated rings. The molecule has 0 radical (unpaired) electrons. The van der Waals surface area contributed by atoms with Gasteiger partial charge in [-0.3, -0.25) is 4.79 Å². The highest BCUT2D eigenvalue weighted by Crippen LogP contribution is 2.21. The molecule has 1 aromatic carbocycles. The van der Waals surface area contributed by atoms with Crippen molar-refractivity contribution in [3.63, 3.8) is 0 Å². The number of rotatable bonds is 3. The number of anilines is 1. The van der Waals surface area contributed by atoms with Crippen LogP contribution in [0.3, 0.4) is 0 Å². The molecule has 7 heteroatoms. The number of carbonyl (C=O) groups excluding carboxylic acids is 1. The Morgan fingerprint density at radius 3 is 2.55 bits per heavy atom. The molecule has 0 spiro atoms. The highest BCUT2D eigenvalue weighted by atomic mass is 19.1. The van der Waals surface area contributed by atoms with E-state index in [2.05, 4.69) is 10.3 Å². The maximum atomic E-state index is 12.7. The Morgan fingerprint density at radius 1 is 1.20 bits per heavy atom. The summed E-state index contributed by atoms with van der Waals surface area (Å²) in [4.78, 5) is 26.2. The number of amides is 1. The summed E-state index contributed by atoms with van der Waals surface area (Å²) in [7, 11) is 0. The van der Waals surface area contributed by atoms with Crippen LogP contribution in [0.1, 0.15) is 20.8 Å². The van der Waals surface area contributed by atoms with E-state index in [4.69, 9.17) is 5.11 Å². The van der Waals surface area contributed by atoms with Crippen molar-refractivity contribution in [2.45, 2.75) is 0 Å². The fourth-order valence-corrected chi connectivity index (χ4v) is 1.49. The number of phenols is 1. The Kier molecular flexibility index (Phi) is 3.60. The SMILES string of the molecule is O=C(Nc1ccc(O)c(C(=O)O)c1)c1ccc(F)cn1. The van der Waals surface area contributed by atoms with Crippen LogP contribution in [-0.4, -0.2) is 27.1 Å². The zero-order valence-electron chi connectivity index (χ0n) is 10.0. The zero-order chi connectivity index (χ0) is 14.7. The fraction of sp³-hybridized carbons (Fsp3) is 0. The molecule has 6 nitrogen and oxygen atoms in total. The van der Waals surface area contributed by atoms with Gasteiger partial charge in [-0.2, -0.15) is 0 Å². The summed E-state index contributed by atoms with van der Waals surface area (Å²) >= 11 is 0. The smallest absolute Gasteiger partial charge is 0.339 e. The van der Waals surface area contributed by atoms with E-state index >= 15 is 0 Å². The maximum absolute atomic E-state index is 12.7. The van der Waals surface area contributed by atoms with Gasteiger partial charge in [0.25, 0.3) is 5.91 Å². The summed E-state index contributed by atoms with van der Waals surface area (Å²) in [6.45, 7) is 0. The molecule has 1 aromatic heterocycles. The molecule has 20 heavy (non-hydrogen) atoms. The first-order valence-electron chi connectivity index (χ1n) is 5.46. The van der Waals surface area contributed by atoms with Crippen molar-refractivity contribution in [3.05, 3.63) is 53.6 Å². The Bertz CT molecular complexity index is 671. The van der Waals surface area contributed by atoms with E-state index < -0.39 is 23.4 Å². The zero-order valence-corrected chi connectivity index (χ0v) is 10.0. The second-order valence-electron chi connectivity index (χ2n) is 3.85. The molecule has 0 aliphatic heterocycles. The summed E-state index contributed by atoms with van der Waals surface area (Å²) in [6.07, 6.45) is 0.897. The van der Waals surface area contributed by atoms with Gasteiger partial charge in [0.1, 0.15) is 22.8 Å². The molecule has 1 heterocycles. The summed E-state index contributed by atoms with van der Waals surface area (Å²) in [5, 5.41) is 20.6. The summed E-state index contributed by atoms with van der Waals surface area (Å²) in [6, 6.07) is 5.88. The van der Waals surface area contributed by atoms with Crippen LogP contribution in [0.5, 0.6) is 5.75 Å². The monoisotopic (exact) mass is 276 g/mol. The normalized spacial score (nSPS) is 10.1. The fourth-order valence-electron chi connectivity index (χ4n) is 1.49. The van der Waals surface area contributed by atoms with Crippen molar-refractivity contribution in [1.82, 2.24) is 4.98 Å². The number of nitrogens with zero attached hydrogens (tertiary/aromatic N) is 1. The lowest BCUT2D eigenvalue weighted by molar-refractivity contribution is 0.0693. The quantitative estimate of drug-likeness (QED) is 0.743. The molecular weight excluding hydrogens is 267 g/mol. The number of carboxylic acids is 1. The predicted molar refractivity (Wildman–Crippen MR) is 67.2 cm³/mol. The van der Waals surface area contributed by atoms with Gasteiger partial charge in [0.15, 0.2) is 0 Å². The second kappa shape index (κ2) is 5.35. The van der Waals surface area contributed by atoms with Gasteiger partial charge in [0.05, 0.1) is 6.20 Å². The first-order chi connectivity index (χ1) is 9.47. The van der Waals surface area contributed by atoms with Gasteiger partial charge in [-0.1, -0.05) is 0 Å². The molecule has 0 unspecified atom stereocenters. The largest absolute Gasteiger partial charge is 0.507 e. The van der Waals surface area contributed by atoms with Crippen molar-refractivity contribution in [2.75, 3.05) is 5.32 Å². The van der Waals surface area contributed by atoms with Crippen LogP contribution in [0.15, 0.2) is 36.5 Å². The van der Waals surface area contributed by atoms with Crippen LogP contribution < -0.4 is 5.32 Å². The van der Waals surface area contributed by atoms with E-state index in [9.17, 15) is 19.1 Å². The molecule has 102 valence electrons. The number of halogens is 1. The van der Waals surface area contributed by atoms with Crippen molar-refractivity contribution >= 4 is 17.6 Å². The third kappa shape index (κ3) is 2.89. The average Bonchev–Trinajstić information content (AvgIpc) is 2.41. The molecule has 0 atom stereocenters. The minimum Gasteiger partial charge on any atom is -0.507 e. The highest BCUT2D eigenvalue weighted by molar-refractivity contribution is 6.03. The molecule has 1 amide bonds. The van der Waals surface area contributed by atoms with Crippen LogP contribution in [0.25, 0.3) is 0 Å². The minimum absolute atomic E-state index is 0.0173. The van der Waals surface area contributed by atoms with Gasteiger partial charge in [0, 0.05) is 5.69 Å². The third-order valence-electron chi connectivity index (χ3n) is 2.44. The molecule has 2 aromatic rings. The van der Waals surface area contributed by atoms with Gasteiger partial charge >= 0.3 is 5.97 Å². The van der Waals surface area contributed by atoms with E-state index in [1.807, 2.05) is 0 Å². The first-order valence-corrected chi connectivity index (χ1v) is 5.46. The van der Waals surface area contributed by atoms with E-state index in [-0.39, 0.29) is 16.9 Å². The van der Waals surface area contributed by atoms with Crippen molar-refractivity contribution in [2.24, 2.45) is 0 Å². The molecule has 3 N–H and O–H groups in total. The second-order valence-corrected chi connectivity index (χ2v) is 3.85. The summed E-state index contributed by atoms with van der Waals surface area (Å²) in [5.41, 5.74) is -0.178. The lowest BCUT2D eigenvalue weighted by Gasteiger charge is -2.06. The average molecular weight is 276 g/mol. The number of benzene rings is 1. The minimum atomic E-state index is -1.32. The summed E-state index contributed by atoms with van der Waals surface area (Å²) < 4.78 is 12.7. The van der Waals surface area contributed by atoms with Crippen molar-refractivity contribution in [1.29, 1.82) is 0 Å². The number of pyridine rings is 1. The maximum Gasteiger partial charge on any atom is 0.339 e. The van der Waals surface area contributed by atoms with E-state index in [1.54, 1.807) is 0 Å². The molecular formula is C13H9FN2O4. The van der Waals surface area contributed by atoms with Gasteiger partial charge in [-0.25, -0.2) is 14.2 Å². The standard InChI is InChI=1S/C13H9FN2O4/c14-7-1-3-10(15-6-7)12(18)16-8-2-4-11(17)9(5-8)13(19)20/h1-6,17H,(H,16,18)(H,19,20). The van der Waals surface area contributed by atoms with Crippen molar-refractivity contribution in [3.8, 4) is 5.75 Å². The van der Waals surface area contributed by atoms with Crippen LogP contribution in [0, 0.1) is 5.82 Å². The molecule has 2 rings (SSSR count). The first kappa shape index (κ1) is 13.5. The number of carboxylic acid groups (broad SMARTS) is 1. The number of aromatic hydroxyl groups is 1. The number of aromatic nitrogens is 1. The predicted octanol–water partition coefficient (Wildman–Crippen LogP) is 1.88. The van der Waals surface area contributed by atoms with E-state index in [0.29, 0.717) is 0 Å². The van der Waals surface area contributed by atoms with Gasteiger partial charge in [-0.15, -0.1) is 0 Å². The van der Waals surface area contributed by atoms with Gasteiger partial charge in [-0.05, 0) is 30.3 Å². The molecule has 0 aliphatic carbocycles. The summed E-state index contributed by atoms with van der Waals surface area (Å²) in [5.74, 6) is -2.92. The lowest BCUT2D eigenvalue weighted by atomic mass is 10.1.